The fraction of sp³-hybridized carbons (Fsp3) is 0.154. The topological polar surface area (TPSA) is 54.9 Å². The van der Waals surface area contributed by atoms with Crippen molar-refractivity contribution in [2.45, 2.75) is 12.1 Å². The molecular formula is C13H11BrClN3OS. The van der Waals surface area contributed by atoms with Crippen molar-refractivity contribution in [1.82, 2.24) is 9.97 Å². The molecule has 0 unspecified atom stereocenters. The van der Waals surface area contributed by atoms with Crippen LogP contribution in [0.15, 0.2) is 40.1 Å². The zero-order chi connectivity index (χ0) is 14.5. The van der Waals surface area contributed by atoms with Crippen molar-refractivity contribution in [3.8, 4) is 0 Å². The summed E-state index contributed by atoms with van der Waals surface area (Å²) in [6.07, 6.45) is 1.45. The minimum Gasteiger partial charge on any atom is -0.321 e. The molecule has 1 N–H and O–H groups in total. The predicted molar refractivity (Wildman–Crippen MR) is 85.5 cm³/mol. The van der Waals surface area contributed by atoms with E-state index in [-0.39, 0.29) is 16.6 Å². The van der Waals surface area contributed by atoms with Crippen molar-refractivity contribution in [2.75, 3.05) is 11.1 Å². The monoisotopic (exact) mass is 371 g/mol. The number of amides is 1. The Hall–Kier alpha value is -1.11. The summed E-state index contributed by atoms with van der Waals surface area (Å²) in [5.41, 5.74) is 0.859. The Balaban J connectivity index is 2.19. The maximum atomic E-state index is 12.2. The van der Waals surface area contributed by atoms with Gasteiger partial charge in [-0.2, -0.15) is 0 Å². The van der Waals surface area contributed by atoms with Gasteiger partial charge in [0.1, 0.15) is 0 Å². The predicted octanol–water partition coefficient (Wildman–Crippen LogP) is 4.26. The first-order valence-corrected chi connectivity index (χ1v) is 7.98. The summed E-state index contributed by atoms with van der Waals surface area (Å²) in [7, 11) is 0. The molecule has 0 aliphatic rings. The van der Waals surface area contributed by atoms with Crippen molar-refractivity contribution >= 4 is 50.9 Å². The van der Waals surface area contributed by atoms with Gasteiger partial charge in [-0.25, -0.2) is 9.97 Å². The Morgan fingerprint density at radius 2 is 2.10 bits per heavy atom. The van der Waals surface area contributed by atoms with Gasteiger partial charge in [-0.1, -0.05) is 46.2 Å². The molecule has 0 bridgehead atoms. The number of nitrogens with one attached hydrogen (secondary N) is 1. The summed E-state index contributed by atoms with van der Waals surface area (Å²) in [5.74, 6) is 0.479. The van der Waals surface area contributed by atoms with Crippen LogP contribution in [-0.2, 0) is 0 Å². The van der Waals surface area contributed by atoms with Crippen molar-refractivity contribution < 1.29 is 4.79 Å². The van der Waals surface area contributed by atoms with E-state index in [4.69, 9.17) is 11.6 Å². The van der Waals surface area contributed by atoms with Crippen molar-refractivity contribution in [2.24, 2.45) is 0 Å². The standard InChI is InChI=1S/C13H11BrClN3OS/c1-2-20-13-16-7-10(15)11(18-13)12(19)17-9-5-3-8(14)4-6-9/h3-7H,2H2,1H3,(H,17,19). The minimum absolute atomic E-state index is 0.181. The number of hydrogen-bond donors (Lipinski definition) is 1. The molecule has 0 spiro atoms. The van der Waals surface area contributed by atoms with E-state index in [0.29, 0.717) is 10.8 Å². The smallest absolute Gasteiger partial charge is 0.275 e. The van der Waals surface area contributed by atoms with Gasteiger partial charge in [0.2, 0.25) is 0 Å². The second-order valence-corrected chi connectivity index (χ2v) is 6.30. The Kier molecular flexibility index (Phi) is 5.39. The molecular weight excluding hydrogens is 362 g/mol. The zero-order valence-corrected chi connectivity index (χ0v) is 13.7. The molecule has 1 aromatic heterocycles. The number of benzene rings is 1. The van der Waals surface area contributed by atoms with Gasteiger partial charge in [0.15, 0.2) is 10.9 Å². The number of carbonyl (C=O) groups is 1. The summed E-state index contributed by atoms with van der Waals surface area (Å²) >= 11 is 10.8. The molecule has 0 radical (unpaired) electrons. The van der Waals surface area contributed by atoms with E-state index in [1.807, 2.05) is 19.1 Å². The highest BCUT2D eigenvalue weighted by molar-refractivity contribution is 9.10. The molecule has 4 nitrogen and oxygen atoms in total. The number of nitrogens with zero attached hydrogens (tertiary/aromatic N) is 2. The van der Waals surface area contributed by atoms with E-state index in [9.17, 15) is 4.79 Å². The quantitative estimate of drug-likeness (QED) is 0.643. The molecule has 1 amide bonds. The molecule has 104 valence electrons. The Morgan fingerprint density at radius 1 is 1.40 bits per heavy atom. The fourth-order valence-corrected chi connectivity index (χ4v) is 2.41. The maximum Gasteiger partial charge on any atom is 0.275 e. The molecule has 0 saturated carbocycles. The van der Waals surface area contributed by atoms with Gasteiger partial charge in [0.25, 0.3) is 5.91 Å². The lowest BCUT2D eigenvalue weighted by atomic mass is 10.3. The SMILES string of the molecule is CCSc1ncc(Cl)c(C(=O)Nc2ccc(Br)cc2)n1. The highest BCUT2D eigenvalue weighted by Crippen LogP contribution is 2.20. The largest absolute Gasteiger partial charge is 0.321 e. The van der Waals surface area contributed by atoms with Crippen LogP contribution in [0.2, 0.25) is 5.02 Å². The summed E-state index contributed by atoms with van der Waals surface area (Å²) in [6, 6.07) is 7.27. The molecule has 0 atom stereocenters. The van der Waals surface area contributed by atoms with Crippen LogP contribution < -0.4 is 5.32 Å². The van der Waals surface area contributed by atoms with Crippen molar-refractivity contribution in [3.63, 3.8) is 0 Å². The molecule has 0 fully saturated rings. The molecule has 0 saturated heterocycles. The number of hydrogen-bond acceptors (Lipinski definition) is 4. The highest BCUT2D eigenvalue weighted by Gasteiger charge is 2.14. The van der Waals surface area contributed by atoms with E-state index in [1.165, 1.54) is 18.0 Å². The van der Waals surface area contributed by atoms with Crippen molar-refractivity contribution in [1.29, 1.82) is 0 Å². The lowest BCUT2D eigenvalue weighted by Gasteiger charge is -2.07. The van der Waals surface area contributed by atoms with E-state index in [1.54, 1.807) is 12.1 Å². The van der Waals surface area contributed by atoms with Crippen LogP contribution in [0.3, 0.4) is 0 Å². The first-order valence-electron chi connectivity index (χ1n) is 5.82. The lowest BCUT2D eigenvalue weighted by Crippen LogP contribution is -2.15. The summed E-state index contributed by atoms with van der Waals surface area (Å²) in [5, 5.41) is 3.53. The third kappa shape index (κ3) is 3.94. The maximum absolute atomic E-state index is 12.2. The van der Waals surface area contributed by atoms with Crippen molar-refractivity contribution in [3.05, 3.63) is 45.7 Å². The van der Waals surface area contributed by atoms with Gasteiger partial charge in [0.05, 0.1) is 11.2 Å². The van der Waals surface area contributed by atoms with Crippen LogP contribution in [0, 0.1) is 0 Å². The summed E-state index contributed by atoms with van der Waals surface area (Å²) in [4.78, 5) is 20.4. The Labute approximate surface area is 134 Å². The summed E-state index contributed by atoms with van der Waals surface area (Å²) < 4.78 is 0.942. The Bertz CT molecular complexity index is 622. The van der Waals surface area contributed by atoms with Crippen LogP contribution in [0.1, 0.15) is 17.4 Å². The molecule has 1 heterocycles. The van der Waals surface area contributed by atoms with Gasteiger partial charge in [0, 0.05) is 10.2 Å². The van der Waals surface area contributed by atoms with Crippen LogP contribution >= 0.6 is 39.3 Å². The third-order valence-corrected chi connectivity index (χ3v) is 3.86. The average molecular weight is 373 g/mol. The first-order chi connectivity index (χ1) is 9.60. The Morgan fingerprint density at radius 3 is 2.75 bits per heavy atom. The van der Waals surface area contributed by atoms with E-state index in [0.717, 1.165) is 10.2 Å². The number of carbonyl (C=O) groups excluding carboxylic acids is 1. The molecule has 2 aromatic rings. The first kappa shape index (κ1) is 15.3. The molecule has 7 heteroatoms. The van der Waals surface area contributed by atoms with Crippen LogP contribution in [0.25, 0.3) is 0 Å². The number of anilines is 1. The second kappa shape index (κ2) is 7.06. The lowest BCUT2D eigenvalue weighted by molar-refractivity contribution is 0.102. The van der Waals surface area contributed by atoms with Crippen LogP contribution in [0.4, 0.5) is 5.69 Å². The second-order valence-electron chi connectivity index (χ2n) is 3.74. The number of thioether (sulfide) groups is 1. The molecule has 1 aromatic carbocycles. The van der Waals surface area contributed by atoms with Gasteiger partial charge >= 0.3 is 0 Å². The molecule has 0 aliphatic carbocycles. The van der Waals surface area contributed by atoms with Gasteiger partial charge in [-0.15, -0.1) is 0 Å². The number of halogens is 2. The average Bonchev–Trinajstić information content (AvgIpc) is 2.43. The van der Waals surface area contributed by atoms with E-state index >= 15 is 0 Å². The highest BCUT2D eigenvalue weighted by atomic mass is 79.9. The fourth-order valence-electron chi connectivity index (χ4n) is 1.43. The van der Waals surface area contributed by atoms with Gasteiger partial charge < -0.3 is 5.32 Å². The van der Waals surface area contributed by atoms with Crippen LogP contribution in [-0.4, -0.2) is 21.6 Å². The molecule has 0 aliphatic heterocycles. The minimum atomic E-state index is -0.349. The van der Waals surface area contributed by atoms with Crippen LogP contribution in [0.5, 0.6) is 0 Å². The summed E-state index contributed by atoms with van der Waals surface area (Å²) in [6.45, 7) is 1.99. The number of aromatic nitrogens is 2. The van der Waals surface area contributed by atoms with Gasteiger partial charge in [-0.3, -0.25) is 4.79 Å². The van der Waals surface area contributed by atoms with E-state index < -0.39 is 0 Å². The molecule has 2 rings (SSSR count). The normalized spacial score (nSPS) is 10.3. The van der Waals surface area contributed by atoms with E-state index in [2.05, 4.69) is 31.2 Å². The molecule has 20 heavy (non-hydrogen) atoms. The zero-order valence-electron chi connectivity index (χ0n) is 10.6. The van der Waals surface area contributed by atoms with Gasteiger partial charge in [-0.05, 0) is 30.0 Å². The third-order valence-electron chi connectivity index (χ3n) is 2.31. The number of rotatable bonds is 4.